The Balaban J connectivity index is 0.000001000. The lowest BCUT2D eigenvalue weighted by molar-refractivity contribution is 0.632. The van der Waals surface area contributed by atoms with Gasteiger partial charge in [0, 0.05) is 24.7 Å². The summed E-state index contributed by atoms with van der Waals surface area (Å²) >= 11 is 5.63. The highest BCUT2D eigenvalue weighted by Gasteiger charge is 2.02. The third kappa shape index (κ3) is 3.63. The highest BCUT2D eigenvalue weighted by molar-refractivity contribution is 6.18. The van der Waals surface area contributed by atoms with Gasteiger partial charge in [-0.1, -0.05) is 6.92 Å². The molecule has 1 heterocycles. The Labute approximate surface area is 77.8 Å². The van der Waals surface area contributed by atoms with Crippen molar-refractivity contribution in [2.75, 3.05) is 5.88 Å². The van der Waals surface area contributed by atoms with E-state index in [4.69, 9.17) is 11.6 Å². The molecule has 0 fully saturated rings. The molecule has 64 valence electrons. The maximum absolute atomic E-state index is 5.63. The molecule has 1 atom stereocenters. The molecular formula is C7H12Cl2N2. The van der Waals surface area contributed by atoms with Crippen LogP contribution < -0.4 is 0 Å². The van der Waals surface area contributed by atoms with Gasteiger partial charge in [-0.05, 0) is 5.92 Å². The van der Waals surface area contributed by atoms with Crippen LogP contribution in [0.4, 0.5) is 0 Å². The molecule has 1 aromatic heterocycles. The van der Waals surface area contributed by atoms with Crippen molar-refractivity contribution in [3.05, 3.63) is 18.2 Å². The van der Waals surface area contributed by atoms with Crippen LogP contribution >= 0.6 is 24.0 Å². The third-order valence-corrected chi connectivity index (χ3v) is 1.89. The van der Waals surface area contributed by atoms with Crippen LogP contribution in [0.1, 0.15) is 12.7 Å². The summed E-state index contributed by atoms with van der Waals surface area (Å²) in [5.74, 6) is 2.22. The molecule has 0 bridgehead atoms. The molecule has 0 radical (unpaired) electrons. The molecule has 1 N–H and O–H groups in total. The monoisotopic (exact) mass is 194 g/mol. The quantitative estimate of drug-likeness (QED) is 0.736. The van der Waals surface area contributed by atoms with Crippen LogP contribution in [0.15, 0.2) is 12.4 Å². The number of aromatic amines is 1. The van der Waals surface area contributed by atoms with Crippen molar-refractivity contribution in [2.24, 2.45) is 5.92 Å². The standard InChI is InChI=1S/C7H11ClN2.ClH/c1-6(5-8)4-7-9-2-3-10-7;/h2-3,6H,4-5H2,1H3,(H,9,10);1H. The molecule has 1 unspecified atom stereocenters. The van der Waals surface area contributed by atoms with Gasteiger partial charge in [-0.25, -0.2) is 4.98 Å². The van der Waals surface area contributed by atoms with Crippen LogP contribution in [0, 0.1) is 5.92 Å². The summed E-state index contributed by atoms with van der Waals surface area (Å²) in [5.41, 5.74) is 0. The van der Waals surface area contributed by atoms with Gasteiger partial charge in [0.2, 0.25) is 0 Å². The van der Waals surface area contributed by atoms with E-state index < -0.39 is 0 Å². The molecular weight excluding hydrogens is 183 g/mol. The molecule has 0 saturated heterocycles. The van der Waals surface area contributed by atoms with E-state index in [-0.39, 0.29) is 12.4 Å². The van der Waals surface area contributed by atoms with E-state index in [2.05, 4.69) is 16.9 Å². The Morgan fingerprint density at radius 1 is 1.73 bits per heavy atom. The van der Waals surface area contributed by atoms with Gasteiger partial charge in [-0.3, -0.25) is 0 Å². The summed E-state index contributed by atoms with van der Waals surface area (Å²) in [5, 5.41) is 0. The van der Waals surface area contributed by atoms with E-state index in [1.54, 1.807) is 6.20 Å². The highest BCUT2D eigenvalue weighted by atomic mass is 35.5. The van der Waals surface area contributed by atoms with E-state index in [0.717, 1.165) is 12.2 Å². The van der Waals surface area contributed by atoms with Crippen LogP contribution in [-0.2, 0) is 6.42 Å². The zero-order chi connectivity index (χ0) is 7.40. The van der Waals surface area contributed by atoms with Gasteiger partial charge in [-0.2, -0.15) is 0 Å². The number of halogens is 2. The van der Waals surface area contributed by atoms with Gasteiger partial charge in [0.05, 0.1) is 0 Å². The van der Waals surface area contributed by atoms with Crippen molar-refractivity contribution in [1.82, 2.24) is 9.97 Å². The molecule has 0 saturated carbocycles. The number of nitrogens with one attached hydrogen (secondary N) is 1. The number of H-pyrrole nitrogens is 1. The zero-order valence-corrected chi connectivity index (χ0v) is 7.95. The molecule has 0 aliphatic rings. The van der Waals surface area contributed by atoms with E-state index in [1.807, 2.05) is 6.20 Å². The second-order valence-corrected chi connectivity index (χ2v) is 2.81. The molecule has 4 heteroatoms. The van der Waals surface area contributed by atoms with Crippen molar-refractivity contribution < 1.29 is 0 Å². The predicted octanol–water partition coefficient (Wildman–Crippen LogP) is 2.25. The summed E-state index contributed by atoms with van der Waals surface area (Å²) in [6, 6.07) is 0. The van der Waals surface area contributed by atoms with E-state index in [9.17, 15) is 0 Å². The largest absolute Gasteiger partial charge is 0.349 e. The highest BCUT2D eigenvalue weighted by Crippen LogP contribution is 2.04. The zero-order valence-electron chi connectivity index (χ0n) is 6.38. The first-order chi connectivity index (χ1) is 4.83. The molecule has 0 spiro atoms. The molecule has 11 heavy (non-hydrogen) atoms. The summed E-state index contributed by atoms with van der Waals surface area (Å²) < 4.78 is 0. The minimum atomic E-state index is 0. The maximum atomic E-state index is 5.63. The van der Waals surface area contributed by atoms with Crippen LogP contribution in [0.2, 0.25) is 0 Å². The second kappa shape index (κ2) is 5.44. The first-order valence-electron chi connectivity index (χ1n) is 3.37. The summed E-state index contributed by atoms with van der Waals surface area (Å²) in [7, 11) is 0. The first kappa shape index (κ1) is 10.8. The lowest BCUT2D eigenvalue weighted by atomic mass is 10.1. The van der Waals surface area contributed by atoms with Crippen LogP contribution in [0.5, 0.6) is 0 Å². The first-order valence-corrected chi connectivity index (χ1v) is 3.90. The van der Waals surface area contributed by atoms with Gasteiger partial charge in [0.1, 0.15) is 5.82 Å². The van der Waals surface area contributed by atoms with Crippen molar-refractivity contribution in [1.29, 1.82) is 0 Å². The van der Waals surface area contributed by atoms with Crippen LogP contribution in [0.25, 0.3) is 0 Å². The topological polar surface area (TPSA) is 28.7 Å². The molecule has 2 nitrogen and oxygen atoms in total. The number of rotatable bonds is 3. The molecule has 0 aliphatic carbocycles. The summed E-state index contributed by atoms with van der Waals surface area (Å²) in [4.78, 5) is 7.12. The Morgan fingerprint density at radius 3 is 2.91 bits per heavy atom. The summed E-state index contributed by atoms with van der Waals surface area (Å²) in [6.45, 7) is 2.11. The normalized spacial score (nSPS) is 12.2. The third-order valence-electron chi connectivity index (χ3n) is 1.36. The maximum Gasteiger partial charge on any atom is 0.106 e. The van der Waals surface area contributed by atoms with Gasteiger partial charge >= 0.3 is 0 Å². The van der Waals surface area contributed by atoms with Crippen molar-refractivity contribution in [3.63, 3.8) is 0 Å². The number of imidazole rings is 1. The Hall–Kier alpha value is -0.210. The number of hydrogen-bond acceptors (Lipinski definition) is 1. The smallest absolute Gasteiger partial charge is 0.106 e. The minimum Gasteiger partial charge on any atom is -0.349 e. The van der Waals surface area contributed by atoms with E-state index >= 15 is 0 Å². The lowest BCUT2D eigenvalue weighted by Gasteiger charge is -2.02. The van der Waals surface area contributed by atoms with Crippen molar-refractivity contribution >= 4 is 24.0 Å². The van der Waals surface area contributed by atoms with Crippen molar-refractivity contribution in [2.45, 2.75) is 13.3 Å². The average molecular weight is 195 g/mol. The number of aromatic nitrogens is 2. The molecule has 0 amide bonds. The van der Waals surface area contributed by atoms with Crippen LogP contribution in [-0.4, -0.2) is 15.8 Å². The Bertz CT molecular complexity index is 175. The second-order valence-electron chi connectivity index (χ2n) is 2.50. The number of hydrogen-bond donors (Lipinski definition) is 1. The van der Waals surface area contributed by atoms with Crippen LogP contribution in [0.3, 0.4) is 0 Å². The molecule has 1 aromatic rings. The SMILES string of the molecule is CC(CCl)Cc1ncc[nH]1.Cl. The van der Waals surface area contributed by atoms with Gasteiger partial charge < -0.3 is 4.98 Å². The predicted molar refractivity (Wildman–Crippen MR) is 49.4 cm³/mol. The van der Waals surface area contributed by atoms with Gasteiger partial charge in [-0.15, -0.1) is 24.0 Å². The minimum absolute atomic E-state index is 0. The fourth-order valence-corrected chi connectivity index (χ4v) is 0.903. The average Bonchev–Trinajstić information content (AvgIpc) is 2.40. The lowest BCUT2D eigenvalue weighted by Crippen LogP contribution is -2.02. The number of alkyl halides is 1. The summed E-state index contributed by atoms with van der Waals surface area (Å²) in [6.07, 6.45) is 4.53. The fourth-order valence-electron chi connectivity index (χ4n) is 0.794. The Kier molecular flexibility index (Phi) is 5.34. The van der Waals surface area contributed by atoms with Gasteiger partial charge in [0.15, 0.2) is 0 Å². The fraction of sp³-hybridized carbons (Fsp3) is 0.571. The van der Waals surface area contributed by atoms with Crippen molar-refractivity contribution in [3.8, 4) is 0 Å². The molecule has 0 aromatic carbocycles. The molecule has 0 aliphatic heterocycles. The van der Waals surface area contributed by atoms with E-state index in [0.29, 0.717) is 11.8 Å². The Morgan fingerprint density at radius 2 is 2.45 bits per heavy atom. The van der Waals surface area contributed by atoms with Gasteiger partial charge in [0.25, 0.3) is 0 Å². The number of nitrogens with zero attached hydrogens (tertiary/aromatic N) is 1. The van der Waals surface area contributed by atoms with E-state index in [1.165, 1.54) is 0 Å². The molecule has 1 rings (SSSR count).